The van der Waals surface area contributed by atoms with Crippen LogP contribution in [-0.4, -0.2) is 42.4 Å². The second-order valence-corrected chi connectivity index (χ2v) is 7.54. The van der Waals surface area contributed by atoms with E-state index in [0.717, 1.165) is 5.56 Å². The molecule has 2 aromatic carbocycles. The molecule has 29 heavy (non-hydrogen) atoms. The molecule has 0 spiro atoms. The number of hydrogen-bond donors (Lipinski definition) is 1. The molecule has 6 nitrogen and oxygen atoms in total. The number of nitrogens with one attached hydrogen (secondary N) is 1. The number of rotatable bonds is 5. The summed E-state index contributed by atoms with van der Waals surface area (Å²) in [5, 5.41) is 3.28. The highest BCUT2D eigenvalue weighted by atomic mass is 35.5. The van der Waals surface area contributed by atoms with Crippen LogP contribution >= 0.6 is 11.6 Å². The number of likely N-dealkylation sites (tertiary alicyclic amines) is 1. The number of anilines is 1. The minimum Gasteiger partial charge on any atom is -0.455 e. The monoisotopic (exact) mass is 414 g/mol. The quantitative estimate of drug-likeness (QED) is 0.757. The van der Waals surface area contributed by atoms with Crippen molar-refractivity contribution in [3.8, 4) is 0 Å². The molecule has 1 heterocycles. The molecule has 0 aromatic heterocycles. The highest BCUT2D eigenvalue weighted by molar-refractivity contribution is 6.30. The average molecular weight is 415 g/mol. The first-order chi connectivity index (χ1) is 13.9. The largest absolute Gasteiger partial charge is 0.455 e. The van der Waals surface area contributed by atoms with E-state index >= 15 is 0 Å². The van der Waals surface area contributed by atoms with Crippen molar-refractivity contribution in [2.24, 2.45) is 5.92 Å². The number of halogens is 1. The number of hydrogen-bond acceptors (Lipinski definition) is 4. The summed E-state index contributed by atoms with van der Waals surface area (Å²) in [6, 6.07) is 14.1. The van der Waals surface area contributed by atoms with E-state index in [1.54, 1.807) is 35.2 Å². The zero-order valence-electron chi connectivity index (χ0n) is 16.2. The summed E-state index contributed by atoms with van der Waals surface area (Å²) in [7, 11) is 0. The standard InChI is InChI=1S/C22H23ClN2O4/c1-15-3-2-4-19(13-15)24-20(26)14-29-22(28)17-9-11-25(12-10-17)21(27)16-5-7-18(23)8-6-16/h2-8,13,17H,9-12,14H2,1H3,(H,24,26). The molecule has 1 aliphatic rings. The van der Waals surface area contributed by atoms with Crippen LogP contribution in [0.2, 0.25) is 5.02 Å². The van der Waals surface area contributed by atoms with Crippen molar-refractivity contribution in [3.05, 3.63) is 64.7 Å². The average Bonchev–Trinajstić information content (AvgIpc) is 2.72. The molecule has 0 bridgehead atoms. The predicted octanol–water partition coefficient (Wildman–Crippen LogP) is 3.68. The maximum atomic E-state index is 12.5. The van der Waals surface area contributed by atoms with Crippen LogP contribution in [0, 0.1) is 12.8 Å². The number of nitrogens with zero attached hydrogens (tertiary/aromatic N) is 1. The Morgan fingerprint density at radius 1 is 1.10 bits per heavy atom. The molecule has 7 heteroatoms. The minimum absolute atomic E-state index is 0.0778. The van der Waals surface area contributed by atoms with Gasteiger partial charge >= 0.3 is 5.97 Å². The number of benzene rings is 2. The zero-order chi connectivity index (χ0) is 20.8. The van der Waals surface area contributed by atoms with E-state index in [9.17, 15) is 14.4 Å². The molecular formula is C22H23ClN2O4. The van der Waals surface area contributed by atoms with Crippen LogP contribution in [0.15, 0.2) is 48.5 Å². The fourth-order valence-corrected chi connectivity index (χ4v) is 3.39. The summed E-state index contributed by atoms with van der Waals surface area (Å²) in [6.45, 7) is 2.55. The first-order valence-corrected chi connectivity index (χ1v) is 9.88. The van der Waals surface area contributed by atoms with Gasteiger partial charge in [0.25, 0.3) is 11.8 Å². The Kier molecular flexibility index (Phi) is 6.88. The number of aryl methyl sites for hydroxylation is 1. The summed E-state index contributed by atoms with van der Waals surface area (Å²) in [5.74, 6) is -1.16. The van der Waals surface area contributed by atoms with Crippen molar-refractivity contribution >= 4 is 35.1 Å². The fraction of sp³-hybridized carbons (Fsp3) is 0.318. The molecule has 0 aliphatic carbocycles. The summed E-state index contributed by atoms with van der Waals surface area (Å²) < 4.78 is 5.17. The lowest BCUT2D eigenvalue weighted by Gasteiger charge is -2.31. The Labute approximate surface area is 174 Å². The van der Waals surface area contributed by atoms with E-state index in [1.807, 2.05) is 25.1 Å². The third-order valence-corrected chi connectivity index (χ3v) is 5.11. The number of piperidine rings is 1. The van der Waals surface area contributed by atoms with Gasteiger partial charge in [-0.2, -0.15) is 0 Å². The number of carbonyl (C=O) groups excluding carboxylic acids is 3. The van der Waals surface area contributed by atoms with Crippen LogP contribution in [0.5, 0.6) is 0 Å². The maximum absolute atomic E-state index is 12.5. The van der Waals surface area contributed by atoms with Crippen LogP contribution in [0.25, 0.3) is 0 Å². The first-order valence-electron chi connectivity index (χ1n) is 9.50. The molecule has 1 aliphatic heterocycles. The minimum atomic E-state index is -0.400. The number of carbonyl (C=O) groups is 3. The van der Waals surface area contributed by atoms with Crippen molar-refractivity contribution in [1.29, 1.82) is 0 Å². The van der Waals surface area contributed by atoms with Crippen molar-refractivity contribution in [1.82, 2.24) is 4.90 Å². The van der Waals surface area contributed by atoms with E-state index < -0.39 is 5.97 Å². The second kappa shape index (κ2) is 9.56. The topological polar surface area (TPSA) is 75.7 Å². The van der Waals surface area contributed by atoms with Gasteiger partial charge in [0.05, 0.1) is 5.92 Å². The van der Waals surface area contributed by atoms with Gasteiger partial charge in [-0.1, -0.05) is 23.7 Å². The highest BCUT2D eigenvalue weighted by Crippen LogP contribution is 2.21. The molecule has 0 saturated carbocycles. The molecule has 2 aromatic rings. The van der Waals surface area contributed by atoms with Gasteiger partial charge in [0.2, 0.25) is 0 Å². The van der Waals surface area contributed by atoms with Gasteiger partial charge in [-0.15, -0.1) is 0 Å². The lowest BCUT2D eigenvalue weighted by molar-refractivity contribution is -0.152. The van der Waals surface area contributed by atoms with E-state index in [4.69, 9.17) is 16.3 Å². The molecule has 152 valence electrons. The Bertz CT molecular complexity index is 890. The normalized spacial score (nSPS) is 14.3. The van der Waals surface area contributed by atoms with E-state index in [-0.39, 0.29) is 24.3 Å². The van der Waals surface area contributed by atoms with Crippen LogP contribution in [-0.2, 0) is 14.3 Å². The maximum Gasteiger partial charge on any atom is 0.309 e. The molecular weight excluding hydrogens is 392 g/mol. The van der Waals surface area contributed by atoms with Crippen molar-refractivity contribution < 1.29 is 19.1 Å². The molecule has 0 radical (unpaired) electrons. The summed E-state index contributed by atoms with van der Waals surface area (Å²) in [6.07, 6.45) is 1.02. The van der Waals surface area contributed by atoms with E-state index in [1.165, 1.54) is 0 Å². The van der Waals surface area contributed by atoms with Gasteiger partial charge in [-0.25, -0.2) is 0 Å². The highest BCUT2D eigenvalue weighted by Gasteiger charge is 2.29. The van der Waals surface area contributed by atoms with Crippen LogP contribution in [0.3, 0.4) is 0 Å². The van der Waals surface area contributed by atoms with Gasteiger partial charge in [0.15, 0.2) is 6.61 Å². The summed E-state index contributed by atoms with van der Waals surface area (Å²) in [4.78, 5) is 38.5. The molecule has 0 atom stereocenters. The zero-order valence-corrected chi connectivity index (χ0v) is 16.9. The molecule has 3 rings (SSSR count). The molecule has 1 fully saturated rings. The Hall–Kier alpha value is -2.86. The van der Waals surface area contributed by atoms with Crippen LogP contribution < -0.4 is 5.32 Å². The summed E-state index contributed by atoms with van der Waals surface area (Å²) >= 11 is 5.86. The smallest absolute Gasteiger partial charge is 0.309 e. The van der Waals surface area contributed by atoms with Gasteiger partial charge < -0.3 is 15.0 Å². The van der Waals surface area contributed by atoms with Gasteiger partial charge in [0, 0.05) is 29.4 Å². The predicted molar refractivity (Wildman–Crippen MR) is 111 cm³/mol. The Morgan fingerprint density at radius 2 is 1.79 bits per heavy atom. The Balaban J connectivity index is 1.43. The Morgan fingerprint density at radius 3 is 2.45 bits per heavy atom. The summed E-state index contributed by atoms with van der Waals surface area (Å²) in [5.41, 5.74) is 2.27. The van der Waals surface area contributed by atoms with Gasteiger partial charge in [-0.3, -0.25) is 14.4 Å². The third kappa shape index (κ3) is 5.81. The molecule has 1 saturated heterocycles. The van der Waals surface area contributed by atoms with Crippen LogP contribution in [0.4, 0.5) is 5.69 Å². The number of amides is 2. The van der Waals surface area contributed by atoms with Crippen molar-refractivity contribution in [2.45, 2.75) is 19.8 Å². The molecule has 2 amide bonds. The number of esters is 1. The first kappa shape index (κ1) is 20.9. The van der Waals surface area contributed by atoms with Crippen LogP contribution in [0.1, 0.15) is 28.8 Å². The fourth-order valence-electron chi connectivity index (χ4n) is 3.27. The number of ether oxygens (including phenoxy) is 1. The van der Waals surface area contributed by atoms with E-state index in [2.05, 4.69) is 5.32 Å². The van der Waals surface area contributed by atoms with E-state index in [0.29, 0.717) is 42.2 Å². The third-order valence-electron chi connectivity index (χ3n) is 4.85. The SMILES string of the molecule is Cc1cccc(NC(=O)COC(=O)C2CCN(C(=O)c3ccc(Cl)cc3)CC2)c1. The van der Waals surface area contributed by atoms with Crippen molar-refractivity contribution in [3.63, 3.8) is 0 Å². The van der Waals surface area contributed by atoms with Gasteiger partial charge in [0.1, 0.15) is 0 Å². The van der Waals surface area contributed by atoms with Crippen molar-refractivity contribution in [2.75, 3.05) is 25.0 Å². The lowest BCUT2D eigenvalue weighted by atomic mass is 9.96. The lowest BCUT2D eigenvalue weighted by Crippen LogP contribution is -2.41. The molecule has 0 unspecified atom stereocenters. The molecule has 1 N–H and O–H groups in total. The van der Waals surface area contributed by atoms with Gasteiger partial charge in [-0.05, 0) is 61.7 Å². The second-order valence-electron chi connectivity index (χ2n) is 7.10.